The molecule has 0 bridgehead atoms. The van der Waals surface area contributed by atoms with Gasteiger partial charge in [-0.15, -0.1) is 10.2 Å². The van der Waals surface area contributed by atoms with Crippen LogP contribution in [-0.4, -0.2) is 33.6 Å². The van der Waals surface area contributed by atoms with Gasteiger partial charge in [-0.05, 0) is 52.1 Å². The second-order valence-corrected chi connectivity index (χ2v) is 12.3. The lowest BCUT2D eigenvalue weighted by Crippen LogP contribution is -2.30. The molecule has 0 aliphatic carbocycles. The zero-order valence-corrected chi connectivity index (χ0v) is 25.6. The maximum Gasteiger partial charge on any atom is 0.296 e. The summed E-state index contributed by atoms with van der Waals surface area (Å²) >= 11 is 2.78. The fraction of sp³-hybridized carbons (Fsp3) is 0.143. The molecule has 7 nitrogen and oxygen atoms in total. The van der Waals surface area contributed by atoms with E-state index >= 15 is 0 Å². The standard InChI is InChI=1S/C35H29N3O4S2/c1-2-21-42-27-18-16-25(17-19-27)31-30(29(39)20-15-23-9-4-3-5-10-23)32(40)33(41)38(31)34-36-37-35(44-34)43-22-26-13-8-12-24-11-6-7-14-28(24)26/h3-20,31,40H,2,21-22H2,1H3/b20-15+. The predicted octanol–water partition coefficient (Wildman–Crippen LogP) is 7.95. The van der Waals surface area contributed by atoms with Gasteiger partial charge in [0, 0.05) is 5.75 Å². The quantitative estimate of drug-likeness (QED) is 0.0911. The molecule has 0 saturated carbocycles. The first-order chi connectivity index (χ1) is 21.5. The Balaban J connectivity index is 1.30. The number of aliphatic hydroxyl groups is 1. The molecule has 0 fully saturated rings. The highest BCUT2D eigenvalue weighted by molar-refractivity contribution is 8.00. The molecule has 1 N–H and O–H groups in total. The second kappa shape index (κ2) is 13.3. The van der Waals surface area contributed by atoms with E-state index in [0.717, 1.165) is 12.0 Å². The molecule has 1 atom stereocenters. The maximum absolute atomic E-state index is 13.6. The number of hydrogen-bond donors (Lipinski definition) is 1. The Hall–Kier alpha value is -4.73. The fourth-order valence-corrected chi connectivity index (χ4v) is 6.95. The Morgan fingerprint density at radius 2 is 1.73 bits per heavy atom. The number of allylic oxidation sites excluding steroid dienone is 1. The Morgan fingerprint density at radius 3 is 2.52 bits per heavy atom. The zero-order valence-electron chi connectivity index (χ0n) is 23.9. The highest BCUT2D eigenvalue weighted by Crippen LogP contribution is 2.43. The van der Waals surface area contributed by atoms with Crippen LogP contribution in [0.5, 0.6) is 5.75 Å². The van der Waals surface area contributed by atoms with Crippen molar-refractivity contribution in [2.24, 2.45) is 0 Å². The van der Waals surface area contributed by atoms with Gasteiger partial charge < -0.3 is 9.84 Å². The minimum atomic E-state index is -0.889. The zero-order chi connectivity index (χ0) is 30.5. The van der Waals surface area contributed by atoms with Crippen molar-refractivity contribution in [3.63, 3.8) is 0 Å². The first-order valence-corrected chi connectivity index (χ1v) is 16.0. The SMILES string of the molecule is CCCOc1ccc(C2C(C(=O)/C=C/c3ccccc3)=C(O)C(=O)N2c2nnc(SCc3cccc4ccccc34)s2)cc1. The normalized spacial score (nSPS) is 15.1. The van der Waals surface area contributed by atoms with E-state index in [2.05, 4.69) is 34.5 Å². The van der Waals surface area contributed by atoms with Crippen LogP contribution in [0, 0.1) is 0 Å². The highest BCUT2D eigenvalue weighted by Gasteiger charge is 2.45. The lowest BCUT2D eigenvalue weighted by molar-refractivity contribution is -0.117. The van der Waals surface area contributed by atoms with Gasteiger partial charge in [0.1, 0.15) is 5.75 Å². The number of anilines is 1. The lowest BCUT2D eigenvalue weighted by atomic mass is 9.95. The number of rotatable bonds is 11. The fourth-order valence-electron chi connectivity index (χ4n) is 5.08. The van der Waals surface area contributed by atoms with Crippen LogP contribution < -0.4 is 9.64 Å². The van der Waals surface area contributed by atoms with Gasteiger partial charge in [-0.25, -0.2) is 0 Å². The average Bonchev–Trinajstić information content (AvgIpc) is 3.64. The summed E-state index contributed by atoms with van der Waals surface area (Å²) in [5.74, 6) is -0.402. The van der Waals surface area contributed by atoms with Gasteiger partial charge in [0.15, 0.2) is 15.9 Å². The molecular formula is C35H29N3O4S2. The molecule has 6 rings (SSSR count). The monoisotopic (exact) mass is 619 g/mol. The van der Waals surface area contributed by atoms with Gasteiger partial charge >= 0.3 is 0 Å². The van der Waals surface area contributed by atoms with Crippen LogP contribution in [0.3, 0.4) is 0 Å². The van der Waals surface area contributed by atoms with Gasteiger partial charge in [-0.2, -0.15) is 0 Å². The summed E-state index contributed by atoms with van der Waals surface area (Å²) in [5.41, 5.74) is 2.63. The summed E-state index contributed by atoms with van der Waals surface area (Å²) in [4.78, 5) is 28.5. The Kier molecular flexibility index (Phi) is 8.86. The number of aromatic nitrogens is 2. The second-order valence-electron chi connectivity index (χ2n) is 10.1. The minimum absolute atomic E-state index is 0.00966. The molecule has 1 aliphatic rings. The van der Waals surface area contributed by atoms with E-state index in [9.17, 15) is 14.7 Å². The summed E-state index contributed by atoms with van der Waals surface area (Å²) in [6.45, 7) is 2.60. The molecule has 2 heterocycles. The first kappa shape index (κ1) is 29.3. The van der Waals surface area contributed by atoms with Gasteiger partial charge in [-0.1, -0.05) is 121 Å². The Labute approximate surface area is 263 Å². The average molecular weight is 620 g/mol. The number of nitrogens with zero attached hydrogens (tertiary/aromatic N) is 3. The summed E-state index contributed by atoms with van der Waals surface area (Å²) < 4.78 is 6.41. The number of benzene rings is 4. The molecule has 1 amide bonds. The topological polar surface area (TPSA) is 92.6 Å². The van der Waals surface area contributed by atoms with Crippen molar-refractivity contribution in [3.05, 3.63) is 131 Å². The van der Waals surface area contributed by atoms with Crippen LogP contribution in [0.15, 0.2) is 119 Å². The van der Waals surface area contributed by atoms with Gasteiger partial charge in [0.05, 0.1) is 18.2 Å². The molecule has 9 heteroatoms. The third-order valence-corrected chi connectivity index (χ3v) is 9.31. The molecule has 0 radical (unpaired) electrons. The van der Waals surface area contributed by atoms with E-state index in [1.54, 1.807) is 30.3 Å². The number of ketones is 1. The number of thioether (sulfide) groups is 1. The number of carbonyl (C=O) groups excluding carboxylic acids is 2. The van der Waals surface area contributed by atoms with Crippen LogP contribution in [-0.2, 0) is 15.3 Å². The summed E-state index contributed by atoms with van der Waals surface area (Å²) in [5, 5.41) is 22.4. The number of amides is 1. The molecule has 220 valence electrons. The number of hydrogen-bond acceptors (Lipinski definition) is 8. The van der Waals surface area contributed by atoms with E-state index in [0.29, 0.717) is 33.1 Å². The van der Waals surface area contributed by atoms with Gasteiger partial charge in [-0.3, -0.25) is 14.5 Å². The van der Waals surface area contributed by atoms with Gasteiger partial charge in [0.2, 0.25) is 5.13 Å². The van der Waals surface area contributed by atoms with E-state index in [1.165, 1.54) is 50.4 Å². The number of fused-ring (bicyclic) bond motifs is 1. The number of aliphatic hydroxyl groups excluding tert-OH is 1. The Morgan fingerprint density at radius 1 is 0.977 bits per heavy atom. The van der Waals surface area contributed by atoms with Crippen LogP contribution >= 0.6 is 23.1 Å². The predicted molar refractivity (Wildman–Crippen MR) is 176 cm³/mol. The minimum Gasteiger partial charge on any atom is -0.503 e. The molecule has 4 aromatic carbocycles. The largest absolute Gasteiger partial charge is 0.503 e. The lowest BCUT2D eigenvalue weighted by Gasteiger charge is -2.24. The Bertz CT molecular complexity index is 1860. The molecule has 44 heavy (non-hydrogen) atoms. The summed E-state index contributed by atoms with van der Waals surface area (Å²) in [6.07, 6.45) is 3.92. The number of carbonyl (C=O) groups is 2. The van der Waals surface area contributed by atoms with Crippen molar-refractivity contribution >= 4 is 56.8 Å². The molecular weight excluding hydrogens is 591 g/mol. The third kappa shape index (κ3) is 6.15. The van der Waals surface area contributed by atoms with Crippen molar-refractivity contribution < 1.29 is 19.4 Å². The van der Waals surface area contributed by atoms with Gasteiger partial charge in [0.25, 0.3) is 5.91 Å². The van der Waals surface area contributed by atoms with Crippen LogP contribution in [0.25, 0.3) is 16.8 Å². The molecule has 1 aliphatic heterocycles. The van der Waals surface area contributed by atoms with Crippen molar-refractivity contribution in [3.8, 4) is 5.75 Å². The molecule has 0 saturated heterocycles. The molecule has 1 unspecified atom stereocenters. The molecule has 5 aromatic rings. The molecule has 0 spiro atoms. The summed E-state index contributed by atoms with van der Waals surface area (Å²) in [7, 11) is 0. The smallest absolute Gasteiger partial charge is 0.296 e. The van der Waals surface area contributed by atoms with Crippen LogP contribution in [0.2, 0.25) is 0 Å². The van der Waals surface area contributed by atoms with Crippen molar-refractivity contribution in [1.29, 1.82) is 0 Å². The van der Waals surface area contributed by atoms with Crippen molar-refractivity contribution in [1.82, 2.24) is 10.2 Å². The van der Waals surface area contributed by atoms with E-state index in [1.807, 2.05) is 55.5 Å². The van der Waals surface area contributed by atoms with Crippen LogP contribution in [0.1, 0.15) is 36.1 Å². The van der Waals surface area contributed by atoms with E-state index in [4.69, 9.17) is 4.74 Å². The molecule has 1 aromatic heterocycles. The number of ether oxygens (including phenoxy) is 1. The van der Waals surface area contributed by atoms with Crippen LogP contribution in [0.4, 0.5) is 5.13 Å². The highest BCUT2D eigenvalue weighted by atomic mass is 32.2. The van der Waals surface area contributed by atoms with Crippen molar-refractivity contribution in [2.75, 3.05) is 11.5 Å². The summed E-state index contributed by atoms with van der Waals surface area (Å²) in [6, 6.07) is 30.1. The maximum atomic E-state index is 13.6. The van der Waals surface area contributed by atoms with E-state index in [-0.39, 0.29) is 5.57 Å². The van der Waals surface area contributed by atoms with Crippen molar-refractivity contribution in [2.45, 2.75) is 29.5 Å². The van der Waals surface area contributed by atoms with E-state index < -0.39 is 23.5 Å². The first-order valence-electron chi connectivity index (χ1n) is 14.2. The third-order valence-electron chi connectivity index (χ3n) is 7.20.